The molecule has 0 saturated carbocycles. The molecule has 1 rings (SSSR count). The standard InChI is InChI=1S/C20H33N3O3/c1-14(2)11-23(20(25)15(3)4)12-16-10-17(21-19(24)13-26-7)8-9-18(16)22(5)6/h8-10,14-15H,11-13H2,1-7H3,(H,21,24). The Balaban J connectivity index is 3.15. The molecule has 0 aromatic heterocycles. The van der Waals surface area contributed by atoms with Gasteiger partial charge < -0.3 is 19.9 Å². The lowest BCUT2D eigenvalue weighted by Crippen LogP contribution is -2.37. The van der Waals surface area contributed by atoms with Crippen LogP contribution in [-0.2, 0) is 20.9 Å². The van der Waals surface area contributed by atoms with Gasteiger partial charge in [0, 0.05) is 51.6 Å². The molecule has 2 amide bonds. The van der Waals surface area contributed by atoms with Crippen LogP contribution in [0.15, 0.2) is 18.2 Å². The first-order chi connectivity index (χ1) is 12.1. The number of nitrogens with zero attached hydrogens (tertiary/aromatic N) is 2. The zero-order valence-electron chi connectivity index (χ0n) is 17.1. The van der Waals surface area contributed by atoms with Gasteiger partial charge in [-0.2, -0.15) is 0 Å². The van der Waals surface area contributed by atoms with Crippen molar-refractivity contribution in [1.29, 1.82) is 0 Å². The van der Waals surface area contributed by atoms with E-state index in [1.54, 1.807) is 0 Å². The number of benzene rings is 1. The summed E-state index contributed by atoms with van der Waals surface area (Å²) in [4.78, 5) is 28.4. The van der Waals surface area contributed by atoms with Crippen molar-refractivity contribution >= 4 is 23.2 Å². The minimum absolute atomic E-state index is 0.01000. The Kier molecular flexibility index (Phi) is 8.58. The summed E-state index contributed by atoms with van der Waals surface area (Å²) >= 11 is 0. The Morgan fingerprint density at radius 2 is 1.81 bits per heavy atom. The van der Waals surface area contributed by atoms with Crippen LogP contribution in [0, 0.1) is 11.8 Å². The van der Waals surface area contributed by atoms with Crippen molar-refractivity contribution in [3.8, 4) is 0 Å². The van der Waals surface area contributed by atoms with E-state index in [9.17, 15) is 9.59 Å². The number of methoxy groups -OCH3 is 1. The summed E-state index contributed by atoms with van der Waals surface area (Å²) in [5, 5.41) is 2.83. The largest absolute Gasteiger partial charge is 0.377 e. The number of ether oxygens (including phenoxy) is 1. The maximum atomic E-state index is 12.6. The molecular formula is C20H33N3O3. The topological polar surface area (TPSA) is 61.9 Å². The van der Waals surface area contributed by atoms with Crippen molar-refractivity contribution in [3.63, 3.8) is 0 Å². The Bertz CT molecular complexity index is 612. The molecule has 1 aromatic carbocycles. The highest BCUT2D eigenvalue weighted by Crippen LogP contribution is 2.25. The second kappa shape index (κ2) is 10.2. The van der Waals surface area contributed by atoms with E-state index in [1.807, 2.05) is 55.9 Å². The number of carbonyl (C=O) groups excluding carboxylic acids is 2. The summed E-state index contributed by atoms with van der Waals surface area (Å²) < 4.78 is 4.86. The van der Waals surface area contributed by atoms with Gasteiger partial charge in [0.15, 0.2) is 0 Å². The van der Waals surface area contributed by atoms with Crippen LogP contribution in [0.5, 0.6) is 0 Å². The first kappa shape index (κ1) is 22.0. The highest BCUT2D eigenvalue weighted by molar-refractivity contribution is 5.92. The monoisotopic (exact) mass is 363 g/mol. The molecule has 0 aliphatic carbocycles. The van der Waals surface area contributed by atoms with Gasteiger partial charge in [0.05, 0.1) is 0 Å². The van der Waals surface area contributed by atoms with E-state index in [-0.39, 0.29) is 24.3 Å². The fourth-order valence-electron chi connectivity index (χ4n) is 2.80. The summed E-state index contributed by atoms with van der Waals surface area (Å²) in [6.07, 6.45) is 0. The molecule has 0 aliphatic rings. The van der Waals surface area contributed by atoms with Gasteiger partial charge in [0.2, 0.25) is 11.8 Å². The fourth-order valence-corrected chi connectivity index (χ4v) is 2.80. The van der Waals surface area contributed by atoms with Crippen LogP contribution in [-0.4, -0.2) is 51.1 Å². The Morgan fingerprint density at radius 1 is 1.15 bits per heavy atom. The number of nitrogens with one attached hydrogen (secondary N) is 1. The van der Waals surface area contributed by atoms with Crippen LogP contribution >= 0.6 is 0 Å². The summed E-state index contributed by atoms with van der Waals surface area (Å²) in [5.41, 5.74) is 2.73. The van der Waals surface area contributed by atoms with Crippen molar-refractivity contribution < 1.29 is 14.3 Å². The zero-order valence-corrected chi connectivity index (χ0v) is 17.1. The summed E-state index contributed by atoms with van der Waals surface area (Å²) in [6, 6.07) is 5.76. The molecule has 1 N–H and O–H groups in total. The van der Waals surface area contributed by atoms with Crippen LogP contribution < -0.4 is 10.2 Å². The maximum absolute atomic E-state index is 12.6. The molecule has 0 fully saturated rings. The van der Waals surface area contributed by atoms with Gasteiger partial charge in [0.25, 0.3) is 0 Å². The molecule has 26 heavy (non-hydrogen) atoms. The van der Waals surface area contributed by atoms with E-state index in [4.69, 9.17) is 4.74 Å². The van der Waals surface area contributed by atoms with Crippen LogP contribution in [0.1, 0.15) is 33.3 Å². The van der Waals surface area contributed by atoms with E-state index in [0.717, 1.165) is 11.3 Å². The van der Waals surface area contributed by atoms with Crippen LogP contribution in [0.3, 0.4) is 0 Å². The lowest BCUT2D eigenvalue weighted by molar-refractivity contribution is -0.135. The Hall–Kier alpha value is -2.08. The smallest absolute Gasteiger partial charge is 0.250 e. The SMILES string of the molecule is COCC(=O)Nc1ccc(N(C)C)c(CN(CC(C)C)C(=O)C(C)C)c1. The molecule has 6 nitrogen and oxygen atoms in total. The lowest BCUT2D eigenvalue weighted by Gasteiger charge is -2.29. The minimum Gasteiger partial charge on any atom is -0.377 e. The van der Waals surface area contributed by atoms with Gasteiger partial charge in [0.1, 0.15) is 6.61 Å². The van der Waals surface area contributed by atoms with Crippen molar-refractivity contribution in [2.24, 2.45) is 11.8 Å². The first-order valence-electron chi connectivity index (χ1n) is 9.03. The summed E-state index contributed by atoms with van der Waals surface area (Å²) in [6.45, 7) is 9.27. The average Bonchev–Trinajstić information content (AvgIpc) is 2.53. The number of hydrogen-bond donors (Lipinski definition) is 1. The molecule has 0 unspecified atom stereocenters. The third kappa shape index (κ3) is 6.67. The van der Waals surface area contributed by atoms with Crippen molar-refractivity contribution in [1.82, 2.24) is 4.90 Å². The molecule has 0 bridgehead atoms. The predicted molar refractivity (Wildman–Crippen MR) is 106 cm³/mol. The van der Waals surface area contributed by atoms with E-state index < -0.39 is 0 Å². The highest BCUT2D eigenvalue weighted by atomic mass is 16.5. The van der Waals surface area contributed by atoms with Crippen molar-refractivity contribution in [2.45, 2.75) is 34.2 Å². The minimum atomic E-state index is -0.201. The number of hydrogen-bond acceptors (Lipinski definition) is 4. The van der Waals surface area contributed by atoms with Gasteiger partial charge in [-0.3, -0.25) is 9.59 Å². The van der Waals surface area contributed by atoms with E-state index in [1.165, 1.54) is 7.11 Å². The van der Waals surface area contributed by atoms with Crippen molar-refractivity contribution in [3.05, 3.63) is 23.8 Å². The molecule has 146 valence electrons. The third-order valence-corrected chi connectivity index (χ3v) is 3.87. The quantitative estimate of drug-likeness (QED) is 0.733. The van der Waals surface area contributed by atoms with E-state index in [0.29, 0.717) is 24.7 Å². The molecule has 0 saturated heterocycles. The van der Waals surface area contributed by atoms with Gasteiger partial charge >= 0.3 is 0 Å². The van der Waals surface area contributed by atoms with Crippen LogP contribution in [0.25, 0.3) is 0 Å². The number of amides is 2. The number of anilines is 2. The third-order valence-electron chi connectivity index (χ3n) is 3.87. The molecule has 6 heteroatoms. The number of rotatable bonds is 9. The van der Waals surface area contributed by atoms with E-state index in [2.05, 4.69) is 19.2 Å². The molecule has 0 aliphatic heterocycles. The normalized spacial score (nSPS) is 11.0. The summed E-state index contributed by atoms with van der Waals surface area (Å²) in [7, 11) is 5.43. The first-order valence-corrected chi connectivity index (χ1v) is 9.03. The van der Waals surface area contributed by atoms with Gasteiger partial charge in [-0.15, -0.1) is 0 Å². The molecule has 0 spiro atoms. The zero-order chi connectivity index (χ0) is 19.9. The highest BCUT2D eigenvalue weighted by Gasteiger charge is 2.20. The molecule has 0 heterocycles. The lowest BCUT2D eigenvalue weighted by atomic mass is 10.1. The second-order valence-electron chi connectivity index (χ2n) is 7.49. The van der Waals surface area contributed by atoms with Crippen LogP contribution in [0.2, 0.25) is 0 Å². The van der Waals surface area contributed by atoms with Gasteiger partial charge in [-0.1, -0.05) is 27.7 Å². The number of carbonyl (C=O) groups is 2. The predicted octanol–water partition coefficient (Wildman–Crippen LogP) is 2.98. The molecule has 0 radical (unpaired) electrons. The van der Waals surface area contributed by atoms with Gasteiger partial charge in [-0.25, -0.2) is 0 Å². The Morgan fingerprint density at radius 3 is 2.31 bits per heavy atom. The Labute approximate surface area is 157 Å². The summed E-state index contributed by atoms with van der Waals surface area (Å²) in [5.74, 6) is 0.261. The van der Waals surface area contributed by atoms with Crippen molar-refractivity contribution in [2.75, 3.05) is 44.6 Å². The second-order valence-corrected chi connectivity index (χ2v) is 7.49. The fraction of sp³-hybridized carbons (Fsp3) is 0.600. The maximum Gasteiger partial charge on any atom is 0.250 e. The molecular weight excluding hydrogens is 330 g/mol. The van der Waals surface area contributed by atoms with E-state index >= 15 is 0 Å². The molecule has 0 atom stereocenters. The van der Waals surface area contributed by atoms with Crippen LogP contribution in [0.4, 0.5) is 11.4 Å². The molecule has 1 aromatic rings. The van der Waals surface area contributed by atoms with Gasteiger partial charge in [-0.05, 0) is 29.7 Å². The average molecular weight is 364 g/mol.